The Hall–Kier alpha value is -1.84. The molecule has 1 aliphatic carbocycles. The summed E-state index contributed by atoms with van der Waals surface area (Å²) in [6.45, 7) is 0.637. The van der Waals surface area contributed by atoms with Crippen molar-refractivity contribution in [1.82, 2.24) is 10.6 Å². The van der Waals surface area contributed by atoms with Crippen LogP contribution in [-0.2, 0) is 9.59 Å². The molecule has 4 heteroatoms. The largest absolute Gasteiger partial charge is 0.354 e. The molecule has 1 heterocycles. The van der Waals surface area contributed by atoms with E-state index in [9.17, 15) is 9.59 Å². The molecule has 0 bridgehead atoms. The van der Waals surface area contributed by atoms with Crippen LogP contribution in [0.5, 0.6) is 0 Å². The first-order chi connectivity index (χ1) is 7.77. The van der Waals surface area contributed by atoms with Crippen LogP contribution in [-0.4, -0.2) is 24.4 Å². The molecule has 2 amide bonds. The summed E-state index contributed by atoms with van der Waals surface area (Å²) < 4.78 is 0. The Kier molecular flexibility index (Phi) is 3.19. The SMILES string of the molecule is O=C(NC1CCNC1=O)C1=CC=CCC=C1. The molecular formula is C12H14N2O2. The van der Waals surface area contributed by atoms with Gasteiger partial charge in [-0.25, -0.2) is 0 Å². The van der Waals surface area contributed by atoms with E-state index in [0.717, 1.165) is 6.42 Å². The molecule has 0 spiro atoms. The van der Waals surface area contributed by atoms with Crippen LogP contribution in [0.25, 0.3) is 0 Å². The monoisotopic (exact) mass is 218 g/mol. The van der Waals surface area contributed by atoms with E-state index < -0.39 is 0 Å². The fraction of sp³-hybridized carbons (Fsp3) is 0.333. The minimum Gasteiger partial charge on any atom is -0.354 e. The maximum Gasteiger partial charge on any atom is 0.251 e. The highest BCUT2D eigenvalue weighted by molar-refractivity contribution is 5.99. The summed E-state index contributed by atoms with van der Waals surface area (Å²) >= 11 is 0. The molecule has 0 saturated carbocycles. The second-order valence-corrected chi connectivity index (χ2v) is 3.79. The number of carbonyl (C=O) groups excluding carboxylic acids is 2. The number of amides is 2. The highest BCUT2D eigenvalue weighted by Gasteiger charge is 2.25. The minimum atomic E-state index is -0.381. The lowest BCUT2D eigenvalue weighted by molar-refractivity contribution is -0.125. The van der Waals surface area contributed by atoms with Gasteiger partial charge in [-0.15, -0.1) is 0 Å². The van der Waals surface area contributed by atoms with Crippen LogP contribution in [0.15, 0.2) is 36.0 Å². The van der Waals surface area contributed by atoms with Gasteiger partial charge in [-0.3, -0.25) is 9.59 Å². The van der Waals surface area contributed by atoms with Gasteiger partial charge in [-0.1, -0.05) is 24.3 Å². The molecule has 2 N–H and O–H groups in total. The second kappa shape index (κ2) is 4.79. The number of nitrogens with one attached hydrogen (secondary N) is 2. The van der Waals surface area contributed by atoms with Crippen LogP contribution in [0.1, 0.15) is 12.8 Å². The summed E-state index contributed by atoms with van der Waals surface area (Å²) in [7, 11) is 0. The van der Waals surface area contributed by atoms with Gasteiger partial charge in [0.05, 0.1) is 0 Å². The lowest BCUT2D eigenvalue weighted by Gasteiger charge is -2.09. The van der Waals surface area contributed by atoms with Gasteiger partial charge in [0.15, 0.2) is 0 Å². The van der Waals surface area contributed by atoms with Crippen molar-refractivity contribution in [3.8, 4) is 0 Å². The molecule has 2 rings (SSSR count). The summed E-state index contributed by atoms with van der Waals surface area (Å²) in [6, 6.07) is -0.381. The van der Waals surface area contributed by atoms with Gasteiger partial charge in [0.25, 0.3) is 5.91 Å². The van der Waals surface area contributed by atoms with Crippen LogP contribution < -0.4 is 10.6 Å². The molecule has 1 aliphatic heterocycles. The summed E-state index contributed by atoms with van der Waals surface area (Å²) in [4.78, 5) is 23.1. The lowest BCUT2D eigenvalue weighted by atomic mass is 10.2. The Morgan fingerprint density at radius 1 is 1.44 bits per heavy atom. The van der Waals surface area contributed by atoms with E-state index in [4.69, 9.17) is 0 Å². The fourth-order valence-corrected chi connectivity index (χ4v) is 1.70. The zero-order chi connectivity index (χ0) is 11.4. The number of rotatable bonds is 2. The predicted octanol–water partition coefficient (Wildman–Crippen LogP) is 0.434. The first-order valence-electron chi connectivity index (χ1n) is 5.39. The van der Waals surface area contributed by atoms with Crippen LogP contribution >= 0.6 is 0 Å². The Morgan fingerprint density at radius 3 is 3.06 bits per heavy atom. The molecule has 0 radical (unpaired) electrons. The molecule has 0 aromatic carbocycles. The van der Waals surface area contributed by atoms with Crippen LogP contribution in [0.4, 0.5) is 0 Å². The average molecular weight is 218 g/mol. The number of allylic oxidation sites excluding steroid dienone is 4. The zero-order valence-electron chi connectivity index (χ0n) is 8.90. The highest BCUT2D eigenvalue weighted by Crippen LogP contribution is 2.07. The van der Waals surface area contributed by atoms with Crippen molar-refractivity contribution in [2.24, 2.45) is 0 Å². The summed E-state index contributed by atoms with van der Waals surface area (Å²) in [5, 5.41) is 5.41. The minimum absolute atomic E-state index is 0.0953. The molecule has 1 unspecified atom stereocenters. The quantitative estimate of drug-likeness (QED) is 0.706. The zero-order valence-corrected chi connectivity index (χ0v) is 8.90. The van der Waals surface area contributed by atoms with Crippen molar-refractivity contribution in [1.29, 1.82) is 0 Å². The summed E-state index contributed by atoms with van der Waals surface area (Å²) in [5.41, 5.74) is 0.591. The molecular weight excluding hydrogens is 204 g/mol. The van der Waals surface area contributed by atoms with E-state index in [-0.39, 0.29) is 17.9 Å². The van der Waals surface area contributed by atoms with Gasteiger partial charge < -0.3 is 10.6 Å². The smallest absolute Gasteiger partial charge is 0.251 e. The first-order valence-corrected chi connectivity index (χ1v) is 5.39. The van der Waals surface area contributed by atoms with Crippen LogP contribution in [0.2, 0.25) is 0 Å². The van der Waals surface area contributed by atoms with E-state index >= 15 is 0 Å². The van der Waals surface area contributed by atoms with Crippen molar-refractivity contribution < 1.29 is 9.59 Å². The molecule has 4 nitrogen and oxygen atoms in total. The van der Waals surface area contributed by atoms with Gasteiger partial charge in [0.2, 0.25) is 5.91 Å². The third kappa shape index (κ3) is 2.39. The van der Waals surface area contributed by atoms with Gasteiger partial charge in [0.1, 0.15) is 6.04 Å². The number of hydrogen-bond donors (Lipinski definition) is 2. The predicted molar refractivity (Wildman–Crippen MR) is 60.5 cm³/mol. The Balaban J connectivity index is 1.99. The lowest BCUT2D eigenvalue weighted by Crippen LogP contribution is -2.40. The third-order valence-electron chi connectivity index (χ3n) is 2.60. The number of hydrogen-bond acceptors (Lipinski definition) is 2. The average Bonchev–Trinajstić information content (AvgIpc) is 2.57. The maximum atomic E-state index is 11.8. The summed E-state index contributed by atoms with van der Waals surface area (Å²) in [5.74, 6) is -0.285. The highest BCUT2D eigenvalue weighted by atomic mass is 16.2. The first kappa shape index (κ1) is 10.7. The van der Waals surface area contributed by atoms with E-state index in [1.807, 2.05) is 18.2 Å². The van der Waals surface area contributed by atoms with Crippen molar-refractivity contribution in [3.63, 3.8) is 0 Å². The van der Waals surface area contributed by atoms with Crippen molar-refractivity contribution in [2.75, 3.05) is 6.54 Å². The molecule has 1 fully saturated rings. The van der Waals surface area contributed by atoms with Crippen LogP contribution in [0, 0.1) is 0 Å². The molecule has 0 aromatic rings. The topological polar surface area (TPSA) is 58.2 Å². The molecule has 1 atom stereocenters. The van der Waals surface area contributed by atoms with Gasteiger partial charge in [0, 0.05) is 12.1 Å². The molecule has 2 aliphatic rings. The van der Waals surface area contributed by atoms with Crippen LogP contribution in [0.3, 0.4) is 0 Å². The maximum absolute atomic E-state index is 11.8. The van der Waals surface area contributed by atoms with E-state index in [1.54, 1.807) is 12.2 Å². The van der Waals surface area contributed by atoms with E-state index in [0.29, 0.717) is 18.5 Å². The standard InChI is InChI=1S/C12H14N2O2/c15-11(9-5-3-1-2-4-6-9)14-10-7-8-13-12(10)16/h1,3-6,10H,2,7-8H2,(H,13,16)(H,14,15). The van der Waals surface area contributed by atoms with E-state index in [2.05, 4.69) is 10.6 Å². The van der Waals surface area contributed by atoms with Crippen molar-refractivity contribution in [3.05, 3.63) is 36.0 Å². The summed E-state index contributed by atoms with van der Waals surface area (Å²) in [6.07, 6.45) is 10.8. The second-order valence-electron chi connectivity index (χ2n) is 3.79. The Morgan fingerprint density at radius 2 is 2.31 bits per heavy atom. The fourth-order valence-electron chi connectivity index (χ4n) is 1.70. The molecule has 16 heavy (non-hydrogen) atoms. The third-order valence-corrected chi connectivity index (χ3v) is 2.60. The van der Waals surface area contributed by atoms with Crippen molar-refractivity contribution >= 4 is 11.8 Å². The van der Waals surface area contributed by atoms with Crippen molar-refractivity contribution in [2.45, 2.75) is 18.9 Å². The van der Waals surface area contributed by atoms with E-state index in [1.165, 1.54) is 0 Å². The van der Waals surface area contributed by atoms with Gasteiger partial charge in [-0.05, 0) is 18.9 Å². The molecule has 84 valence electrons. The number of carbonyl (C=O) groups is 2. The molecule has 0 aromatic heterocycles. The van der Waals surface area contributed by atoms with Gasteiger partial charge >= 0.3 is 0 Å². The Bertz CT molecular complexity index is 394. The molecule has 1 saturated heterocycles. The normalized spacial score (nSPS) is 23.6. The van der Waals surface area contributed by atoms with Gasteiger partial charge in [-0.2, -0.15) is 0 Å². The Labute approximate surface area is 94.1 Å².